The number of para-hydroxylation sites is 1. The summed E-state index contributed by atoms with van der Waals surface area (Å²) < 4.78 is 0. The van der Waals surface area contributed by atoms with Crippen LogP contribution in [-0.4, -0.2) is 47.7 Å². The Bertz CT molecular complexity index is 433. The molecule has 0 aromatic heterocycles. The average Bonchev–Trinajstić information content (AvgIpc) is 2.86. The Morgan fingerprint density at radius 1 is 1.40 bits per heavy atom. The predicted molar refractivity (Wildman–Crippen MR) is 80.7 cm³/mol. The molecule has 1 amide bonds. The normalized spacial score (nSPS) is 19.5. The molecule has 4 heteroatoms. The molecule has 1 N–H and O–H groups in total. The molecule has 0 radical (unpaired) electrons. The molecular formula is C16H24N2O2. The zero-order valence-electron chi connectivity index (χ0n) is 12.3. The third-order valence-corrected chi connectivity index (χ3v) is 3.87. The third kappa shape index (κ3) is 3.38. The molecule has 0 saturated carbocycles. The maximum absolute atomic E-state index is 12.6. The van der Waals surface area contributed by atoms with Crippen molar-refractivity contribution >= 4 is 11.6 Å². The number of carbonyl (C=O) groups is 1. The zero-order chi connectivity index (χ0) is 14.5. The van der Waals surface area contributed by atoms with Crippen molar-refractivity contribution in [3.8, 4) is 0 Å². The van der Waals surface area contributed by atoms with Crippen LogP contribution < -0.4 is 4.90 Å². The first-order chi connectivity index (χ1) is 9.63. The summed E-state index contributed by atoms with van der Waals surface area (Å²) in [5.41, 5.74) is 0.937. The Kier molecular flexibility index (Phi) is 5.15. The van der Waals surface area contributed by atoms with Gasteiger partial charge in [0.25, 0.3) is 0 Å². The van der Waals surface area contributed by atoms with Crippen LogP contribution in [0.1, 0.15) is 26.7 Å². The first kappa shape index (κ1) is 15.0. The smallest absolute Gasteiger partial charge is 0.241 e. The van der Waals surface area contributed by atoms with Crippen molar-refractivity contribution < 1.29 is 9.90 Å². The topological polar surface area (TPSA) is 43.8 Å². The van der Waals surface area contributed by atoms with E-state index in [1.54, 1.807) is 0 Å². The molecule has 1 aliphatic heterocycles. The van der Waals surface area contributed by atoms with Gasteiger partial charge in [0.05, 0.1) is 13.2 Å². The van der Waals surface area contributed by atoms with E-state index in [9.17, 15) is 9.90 Å². The summed E-state index contributed by atoms with van der Waals surface area (Å²) in [6, 6.07) is 10.0. The van der Waals surface area contributed by atoms with Crippen molar-refractivity contribution in [1.82, 2.24) is 4.90 Å². The van der Waals surface area contributed by atoms with Gasteiger partial charge in [-0.3, -0.25) is 9.69 Å². The van der Waals surface area contributed by atoms with Crippen LogP contribution in [0.15, 0.2) is 30.3 Å². The molecule has 1 aromatic rings. The molecule has 4 nitrogen and oxygen atoms in total. The van der Waals surface area contributed by atoms with Crippen LogP contribution >= 0.6 is 0 Å². The lowest BCUT2D eigenvalue weighted by atomic mass is 10.2. The molecule has 0 spiro atoms. The number of rotatable bonds is 5. The van der Waals surface area contributed by atoms with Gasteiger partial charge in [0.15, 0.2) is 0 Å². The average molecular weight is 276 g/mol. The summed E-state index contributed by atoms with van der Waals surface area (Å²) >= 11 is 0. The predicted octanol–water partition coefficient (Wildman–Crippen LogP) is 1.88. The number of likely N-dealkylation sites (tertiary alicyclic amines) is 1. The Hall–Kier alpha value is -1.39. The standard InChI is InChI=1S/C16H24N2O2/c1-13(2)18(14-7-4-3-5-8-14)16(20)11-17-10-6-9-15(17)12-19/h3-5,7-8,13,15,19H,6,9-12H2,1-2H3. The van der Waals surface area contributed by atoms with Crippen LogP contribution in [0.25, 0.3) is 0 Å². The molecule has 1 saturated heterocycles. The molecule has 1 aromatic carbocycles. The highest BCUT2D eigenvalue weighted by Crippen LogP contribution is 2.20. The van der Waals surface area contributed by atoms with Crippen molar-refractivity contribution in [3.63, 3.8) is 0 Å². The molecule has 1 unspecified atom stereocenters. The largest absolute Gasteiger partial charge is 0.395 e. The monoisotopic (exact) mass is 276 g/mol. The van der Waals surface area contributed by atoms with Crippen molar-refractivity contribution in [2.45, 2.75) is 38.8 Å². The van der Waals surface area contributed by atoms with Crippen LogP contribution in [0.2, 0.25) is 0 Å². The summed E-state index contributed by atoms with van der Waals surface area (Å²) in [6.07, 6.45) is 2.04. The lowest BCUT2D eigenvalue weighted by Crippen LogP contribution is -2.46. The molecule has 1 atom stereocenters. The van der Waals surface area contributed by atoms with E-state index < -0.39 is 0 Å². The van der Waals surface area contributed by atoms with E-state index >= 15 is 0 Å². The van der Waals surface area contributed by atoms with Crippen molar-refractivity contribution in [1.29, 1.82) is 0 Å². The van der Waals surface area contributed by atoms with Crippen LogP contribution in [0.5, 0.6) is 0 Å². The fraction of sp³-hybridized carbons (Fsp3) is 0.562. The minimum Gasteiger partial charge on any atom is -0.395 e. The lowest BCUT2D eigenvalue weighted by Gasteiger charge is -2.30. The van der Waals surface area contributed by atoms with Crippen LogP contribution in [0.4, 0.5) is 5.69 Å². The second-order valence-electron chi connectivity index (χ2n) is 5.64. The van der Waals surface area contributed by atoms with Crippen molar-refractivity contribution in [3.05, 3.63) is 30.3 Å². The van der Waals surface area contributed by atoms with E-state index in [0.29, 0.717) is 6.54 Å². The van der Waals surface area contributed by atoms with E-state index in [0.717, 1.165) is 25.1 Å². The lowest BCUT2D eigenvalue weighted by molar-refractivity contribution is -0.120. The van der Waals surface area contributed by atoms with Crippen LogP contribution in [0.3, 0.4) is 0 Å². The highest BCUT2D eigenvalue weighted by molar-refractivity contribution is 5.95. The van der Waals surface area contributed by atoms with Gasteiger partial charge in [-0.15, -0.1) is 0 Å². The van der Waals surface area contributed by atoms with E-state index in [2.05, 4.69) is 4.90 Å². The first-order valence-electron chi connectivity index (χ1n) is 7.35. The van der Waals surface area contributed by atoms with Crippen LogP contribution in [-0.2, 0) is 4.79 Å². The number of hydrogen-bond donors (Lipinski definition) is 1. The molecule has 0 aliphatic carbocycles. The summed E-state index contributed by atoms with van der Waals surface area (Å²) in [4.78, 5) is 16.5. The minimum atomic E-state index is 0.103. The Morgan fingerprint density at radius 2 is 2.10 bits per heavy atom. The van der Waals surface area contributed by atoms with Crippen LogP contribution in [0, 0.1) is 0 Å². The van der Waals surface area contributed by atoms with Gasteiger partial charge < -0.3 is 10.0 Å². The second-order valence-corrected chi connectivity index (χ2v) is 5.64. The summed E-state index contributed by atoms with van der Waals surface area (Å²) in [5, 5.41) is 9.35. The van der Waals surface area contributed by atoms with Gasteiger partial charge in [-0.1, -0.05) is 18.2 Å². The highest BCUT2D eigenvalue weighted by atomic mass is 16.3. The van der Waals surface area contributed by atoms with Gasteiger partial charge in [0, 0.05) is 17.8 Å². The minimum absolute atomic E-state index is 0.103. The molecule has 20 heavy (non-hydrogen) atoms. The SMILES string of the molecule is CC(C)N(C(=O)CN1CCCC1CO)c1ccccc1. The quantitative estimate of drug-likeness (QED) is 0.893. The zero-order valence-corrected chi connectivity index (χ0v) is 12.3. The molecule has 1 fully saturated rings. The first-order valence-corrected chi connectivity index (χ1v) is 7.35. The number of carbonyl (C=O) groups excluding carboxylic acids is 1. The van der Waals surface area contributed by atoms with Gasteiger partial charge in [-0.2, -0.15) is 0 Å². The van der Waals surface area contributed by atoms with Gasteiger partial charge in [0.1, 0.15) is 0 Å². The summed E-state index contributed by atoms with van der Waals surface area (Å²) in [7, 11) is 0. The van der Waals surface area contributed by atoms with Crippen molar-refractivity contribution in [2.75, 3.05) is 24.6 Å². The molecule has 0 bridgehead atoms. The number of benzene rings is 1. The maximum Gasteiger partial charge on any atom is 0.241 e. The molecule has 110 valence electrons. The number of hydrogen-bond acceptors (Lipinski definition) is 3. The van der Waals surface area contributed by atoms with Gasteiger partial charge in [0.2, 0.25) is 5.91 Å². The Labute approximate surface area is 121 Å². The number of aliphatic hydroxyl groups excluding tert-OH is 1. The fourth-order valence-corrected chi connectivity index (χ4v) is 2.88. The van der Waals surface area contributed by atoms with E-state index in [4.69, 9.17) is 0 Å². The maximum atomic E-state index is 12.6. The van der Waals surface area contributed by atoms with E-state index in [1.165, 1.54) is 0 Å². The van der Waals surface area contributed by atoms with Crippen molar-refractivity contribution in [2.24, 2.45) is 0 Å². The Morgan fingerprint density at radius 3 is 2.70 bits per heavy atom. The Balaban J connectivity index is 2.08. The third-order valence-electron chi connectivity index (χ3n) is 3.87. The number of nitrogens with zero attached hydrogens (tertiary/aromatic N) is 2. The summed E-state index contributed by atoms with van der Waals surface area (Å²) in [5.74, 6) is 0.103. The fourth-order valence-electron chi connectivity index (χ4n) is 2.88. The summed E-state index contributed by atoms with van der Waals surface area (Å²) in [6.45, 7) is 5.48. The van der Waals surface area contributed by atoms with Gasteiger partial charge in [-0.05, 0) is 45.4 Å². The molecular weight excluding hydrogens is 252 g/mol. The highest BCUT2D eigenvalue weighted by Gasteiger charge is 2.28. The number of amides is 1. The number of aliphatic hydroxyl groups is 1. The molecule has 2 rings (SSSR count). The molecule has 1 aliphatic rings. The van der Waals surface area contributed by atoms with E-state index in [1.807, 2.05) is 49.1 Å². The van der Waals surface area contributed by atoms with E-state index in [-0.39, 0.29) is 24.6 Å². The number of anilines is 1. The molecule has 1 heterocycles. The second kappa shape index (κ2) is 6.86. The van der Waals surface area contributed by atoms with Gasteiger partial charge >= 0.3 is 0 Å². The van der Waals surface area contributed by atoms with Gasteiger partial charge in [-0.25, -0.2) is 0 Å².